The number of rotatable bonds is 14. The lowest BCUT2D eigenvalue weighted by molar-refractivity contribution is -0.432. The van der Waals surface area contributed by atoms with Gasteiger partial charge >= 0.3 is 0 Å². The number of nitrogens with one attached hydrogen (secondary N) is 1. The normalized spacial score (nSPS) is 11.7. The summed E-state index contributed by atoms with van der Waals surface area (Å²) >= 11 is 1.47. The molecule has 54 heavy (non-hydrogen) atoms. The van der Waals surface area contributed by atoms with Gasteiger partial charge in [-0.15, -0.1) is 13.8 Å². The van der Waals surface area contributed by atoms with Gasteiger partial charge in [-0.25, -0.2) is 10.5 Å². The third-order valence-electron chi connectivity index (χ3n) is 7.67. The average Bonchev–Trinajstić information content (AvgIpc) is 3.19. The number of carbonyl (C=O) groups excluding carboxylic acids is 1. The number of azo groups is 3. The lowest BCUT2D eigenvalue weighted by Crippen LogP contribution is -2.11. The van der Waals surface area contributed by atoms with E-state index in [1.165, 1.54) is 0 Å². The molecule has 0 saturated heterocycles. The fourth-order valence-corrected chi connectivity index (χ4v) is 5.83. The summed E-state index contributed by atoms with van der Waals surface area (Å²) in [5, 5.41) is 65.6. The number of aromatic hydroxyl groups is 1. The largest absolute Gasteiger partial charge is 0.505 e. The number of hydrogen-bond acceptors (Lipinski definition) is 16. The number of nitrogens with zero attached hydrogens (tertiary/aromatic N) is 6. The first-order valence-electron chi connectivity index (χ1n) is 15.8. The van der Waals surface area contributed by atoms with Gasteiger partial charge in [0.2, 0.25) is 0 Å². The minimum atomic E-state index is -0.286. The Labute approximate surface area is 316 Å². The highest BCUT2D eigenvalue weighted by Gasteiger charge is 2.17. The van der Waals surface area contributed by atoms with Gasteiger partial charge in [-0.3, -0.25) is 4.79 Å². The Kier molecular flexibility index (Phi) is 12.8. The number of benzene rings is 6. The minimum Gasteiger partial charge on any atom is -0.505 e. The first-order valence-corrected chi connectivity index (χ1v) is 17.3. The van der Waals surface area contributed by atoms with Crippen molar-refractivity contribution in [1.82, 2.24) is 0 Å². The molecule has 0 aliphatic heterocycles. The Hall–Kier alpha value is -5.89. The van der Waals surface area contributed by atoms with Crippen molar-refractivity contribution in [2.24, 2.45) is 30.7 Å². The molecule has 6 rings (SSSR count). The van der Waals surface area contributed by atoms with Crippen LogP contribution in [0, 0.1) is 13.8 Å². The van der Waals surface area contributed by atoms with E-state index in [9.17, 15) is 9.90 Å². The van der Waals surface area contributed by atoms with E-state index < -0.39 is 0 Å². The maximum absolute atomic E-state index is 12.7. The number of amides is 1. The highest BCUT2D eigenvalue weighted by atomic mass is 32.2. The van der Waals surface area contributed by atoms with Gasteiger partial charge < -0.3 is 10.4 Å². The molecule has 272 valence electrons. The molecule has 0 aliphatic rings. The molecule has 0 heterocycles. The van der Waals surface area contributed by atoms with Crippen molar-refractivity contribution in [3.63, 3.8) is 0 Å². The molecule has 0 aliphatic carbocycles. The van der Waals surface area contributed by atoms with E-state index in [2.05, 4.69) is 54.7 Å². The summed E-state index contributed by atoms with van der Waals surface area (Å²) in [6, 6.07) is 33.1. The summed E-state index contributed by atoms with van der Waals surface area (Å²) in [5.41, 5.74) is 5.62. The van der Waals surface area contributed by atoms with Crippen molar-refractivity contribution >= 4 is 80.6 Å². The summed E-state index contributed by atoms with van der Waals surface area (Å²) in [6.07, 6.45) is 0. The zero-order chi connectivity index (χ0) is 37.9. The highest BCUT2D eigenvalue weighted by molar-refractivity contribution is 7.94. The van der Waals surface area contributed by atoms with Gasteiger partial charge in [-0.05, 0) is 127 Å². The molecular formula is C37H29N7O8S2. The van der Waals surface area contributed by atoms with Crippen LogP contribution in [-0.4, -0.2) is 21.5 Å². The monoisotopic (exact) mass is 763 g/mol. The molecule has 0 bridgehead atoms. The maximum Gasteiger partial charge on any atom is 0.255 e. The summed E-state index contributed by atoms with van der Waals surface area (Å²) < 4.78 is 9.09. The first kappa shape index (κ1) is 37.9. The molecule has 0 spiro atoms. The van der Waals surface area contributed by atoms with Crippen LogP contribution in [0.3, 0.4) is 0 Å². The molecule has 4 N–H and O–H groups in total. The lowest BCUT2D eigenvalue weighted by Gasteiger charge is -2.11. The molecule has 0 saturated carbocycles. The smallest absolute Gasteiger partial charge is 0.255 e. The third kappa shape index (κ3) is 9.75. The molecule has 15 nitrogen and oxygen atoms in total. The number of phenols is 1. The van der Waals surface area contributed by atoms with Crippen LogP contribution in [-0.2, 0) is 18.7 Å². The fourth-order valence-electron chi connectivity index (χ4n) is 4.98. The standard InChI is InChI=1S/C37H29N7O8S2/c1-22-19-33(23(2)18-32(22)42-41-27-10-8-26(9-11-27)39-40-28-12-15-30(16-13-28)53-51-49-47)43-44-35-34(54-52-50-48)21-25-20-29(14-17-31(25)36(35)45)38-37(46)24-6-4-3-5-7-24/h3-21,45,47-48H,1-2H3,(H,38,46)/b40-39+,42-41+,44-43+. The van der Waals surface area contributed by atoms with Gasteiger partial charge in [-0.1, -0.05) is 28.3 Å². The van der Waals surface area contributed by atoms with Crippen LogP contribution < -0.4 is 5.32 Å². The van der Waals surface area contributed by atoms with E-state index >= 15 is 0 Å². The van der Waals surface area contributed by atoms with Crippen molar-refractivity contribution < 1.29 is 39.2 Å². The van der Waals surface area contributed by atoms with Crippen LogP contribution in [0.2, 0.25) is 0 Å². The summed E-state index contributed by atoms with van der Waals surface area (Å²) in [5.74, 6) is -0.477. The number of aryl methyl sites for hydroxylation is 2. The SMILES string of the molecule is Cc1cc(/N=N/c2c(SOOO)cc3cc(NC(=O)c4ccccc4)ccc3c2O)c(C)cc1/N=N/c1ccc(/N=N/c2ccc(SOOO)cc2)cc1. The van der Waals surface area contributed by atoms with Crippen LogP contribution in [0.15, 0.2) is 156 Å². The molecule has 0 atom stereocenters. The van der Waals surface area contributed by atoms with Crippen molar-refractivity contribution in [3.05, 3.63) is 132 Å². The van der Waals surface area contributed by atoms with Gasteiger partial charge in [0, 0.05) is 21.5 Å². The molecule has 1 amide bonds. The maximum atomic E-state index is 12.7. The summed E-state index contributed by atoms with van der Waals surface area (Å²) in [6.45, 7) is 3.71. The molecule has 0 radical (unpaired) electrons. The third-order valence-corrected chi connectivity index (χ3v) is 8.89. The van der Waals surface area contributed by atoms with Crippen LogP contribution in [0.5, 0.6) is 5.75 Å². The van der Waals surface area contributed by atoms with Crippen molar-refractivity contribution in [3.8, 4) is 5.75 Å². The molecule has 0 unspecified atom stereocenters. The topological polar surface area (TPSA) is 201 Å². The van der Waals surface area contributed by atoms with Gasteiger partial charge in [0.15, 0.2) is 5.75 Å². The van der Waals surface area contributed by atoms with Gasteiger partial charge in [0.05, 0.1) is 57.4 Å². The van der Waals surface area contributed by atoms with Gasteiger partial charge in [-0.2, -0.15) is 25.6 Å². The van der Waals surface area contributed by atoms with E-state index in [1.807, 2.05) is 26.0 Å². The average molecular weight is 764 g/mol. The first-order chi connectivity index (χ1) is 26.3. The summed E-state index contributed by atoms with van der Waals surface area (Å²) in [7, 11) is 0. The number of anilines is 1. The molecule has 6 aromatic carbocycles. The second-order valence-electron chi connectivity index (χ2n) is 11.3. The Morgan fingerprint density at radius 2 is 1.19 bits per heavy atom. The lowest BCUT2D eigenvalue weighted by atomic mass is 10.1. The van der Waals surface area contributed by atoms with E-state index in [4.69, 9.17) is 10.5 Å². The number of fused-ring (bicyclic) bond motifs is 1. The Bertz CT molecular complexity index is 2350. The fraction of sp³-hybridized carbons (Fsp3) is 0.0541. The number of phenolic OH excluding ortho intramolecular Hbond substituents is 1. The second-order valence-corrected chi connectivity index (χ2v) is 12.8. The molecule has 0 aromatic heterocycles. The Morgan fingerprint density at radius 1 is 0.630 bits per heavy atom. The van der Waals surface area contributed by atoms with Crippen molar-refractivity contribution in [1.29, 1.82) is 0 Å². The second kappa shape index (κ2) is 18.2. The molecule has 17 heteroatoms. The van der Waals surface area contributed by atoms with Gasteiger partial charge in [0.1, 0.15) is 5.69 Å². The zero-order valence-electron chi connectivity index (χ0n) is 28.4. The minimum absolute atomic E-state index is 0.0753. The zero-order valence-corrected chi connectivity index (χ0v) is 30.0. The van der Waals surface area contributed by atoms with Crippen LogP contribution >= 0.6 is 24.1 Å². The Balaban J connectivity index is 1.16. The predicted molar refractivity (Wildman–Crippen MR) is 203 cm³/mol. The summed E-state index contributed by atoms with van der Waals surface area (Å²) in [4.78, 5) is 13.7. The molecular weight excluding hydrogens is 735 g/mol. The van der Waals surface area contributed by atoms with Crippen LogP contribution in [0.25, 0.3) is 10.8 Å². The number of hydrogen-bond donors (Lipinski definition) is 4. The predicted octanol–water partition coefficient (Wildman–Crippen LogP) is 12.5. The van der Waals surface area contributed by atoms with Gasteiger partial charge in [0.25, 0.3) is 5.91 Å². The van der Waals surface area contributed by atoms with Crippen molar-refractivity contribution in [2.45, 2.75) is 23.6 Å². The quantitative estimate of drug-likeness (QED) is 0.0358. The van der Waals surface area contributed by atoms with E-state index in [0.717, 1.165) is 23.2 Å². The Morgan fingerprint density at radius 3 is 1.80 bits per heavy atom. The van der Waals surface area contributed by atoms with Crippen LogP contribution in [0.1, 0.15) is 21.5 Å². The number of carbonyl (C=O) groups is 1. The van der Waals surface area contributed by atoms with Crippen LogP contribution in [0.4, 0.5) is 39.8 Å². The molecule has 6 aromatic rings. The van der Waals surface area contributed by atoms with E-state index in [-0.39, 0.29) is 22.2 Å². The van der Waals surface area contributed by atoms with E-state index in [0.29, 0.717) is 67.4 Å². The highest BCUT2D eigenvalue weighted by Crippen LogP contribution is 2.45. The molecule has 0 fully saturated rings. The van der Waals surface area contributed by atoms with E-state index in [1.54, 1.807) is 103 Å². The van der Waals surface area contributed by atoms with Crippen molar-refractivity contribution in [2.75, 3.05) is 5.32 Å².